The summed E-state index contributed by atoms with van der Waals surface area (Å²) in [5.74, 6) is -2.00. The summed E-state index contributed by atoms with van der Waals surface area (Å²) in [5, 5.41) is 37.2. The third-order valence-electron chi connectivity index (χ3n) is 2.57. The Morgan fingerprint density at radius 2 is 1.80 bits per heavy atom. The van der Waals surface area contributed by atoms with Crippen molar-refractivity contribution in [2.75, 3.05) is 13.2 Å². The number of carbonyl (C=O) groups is 2. The van der Waals surface area contributed by atoms with Gasteiger partial charge in [0, 0.05) is 24.7 Å². The van der Waals surface area contributed by atoms with E-state index in [9.17, 15) is 14.7 Å². The highest BCUT2D eigenvalue weighted by molar-refractivity contribution is 5.89. The predicted octanol–water partition coefficient (Wildman–Crippen LogP) is 1.01. The minimum atomic E-state index is -1.26. The number of hydrogen-bond donors (Lipinski definition) is 4. The maximum Gasteiger partial charge on any atom is 0.328 e. The van der Waals surface area contributed by atoms with Gasteiger partial charge in [-0.05, 0) is 12.1 Å². The largest absolute Gasteiger partial charge is 0.489 e. The Morgan fingerprint density at radius 3 is 2.28 bits per heavy atom. The van der Waals surface area contributed by atoms with Crippen molar-refractivity contribution in [3.05, 3.63) is 42.0 Å². The standard InChI is InChI=1S/C13H18N2O2.C4H4O4/c1-10(2)15-8-12(16)9-17-13-6-4-3-5-11(13)7-14;5-3(6)1-2-4(7)8/h3-6,10,12,15-16H,8-9H2,1-2H3;1-2H,(H,5,6)(H,7,8)/b;2-1-. The molecule has 4 N–H and O–H groups in total. The summed E-state index contributed by atoms with van der Waals surface area (Å²) in [6.45, 7) is 4.68. The van der Waals surface area contributed by atoms with E-state index in [1.54, 1.807) is 24.3 Å². The van der Waals surface area contributed by atoms with Crippen LogP contribution in [0.15, 0.2) is 36.4 Å². The molecule has 1 aromatic rings. The summed E-state index contributed by atoms with van der Waals surface area (Å²) in [5.41, 5.74) is 0.483. The van der Waals surface area contributed by atoms with Gasteiger partial charge in [0.05, 0.1) is 5.56 Å². The molecule has 0 saturated carbocycles. The second-order valence-electron chi connectivity index (χ2n) is 5.15. The molecule has 0 amide bonds. The van der Waals surface area contributed by atoms with E-state index in [1.165, 1.54) is 0 Å². The molecule has 0 aliphatic rings. The Hall–Kier alpha value is -2.89. The zero-order valence-electron chi connectivity index (χ0n) is 14.0. The molecule has 0 aliphatic heterocycles. The SMILES string of the molecule is CC(C)NCC(O)COc1ccccc1C#N.O=C(O)/C=C\C(=O)O. The topological polar surface area (TPSA) is 140 Å². The maximum absolute atomic E-state index is 9.65. The first-order valence-corrected chi connectivity index (χ1v) is 7.43. The number of aliphatic hydroxyl groups is 1. The number of nitriles is 1. The normalized spacial score (nSPS) is 11.3. The number of carboxylic acid groups (broad SMARTS) is 2. The molecule has 136 valence electrons. The van der Waals surface area contributed by atoms with Crippen LogP contribution >= 0.6 is 0 Å². The van der Waals surface area contributed by atoms with E-state index in [4.69, 9.17) is 20.2 Å². The summed E-state index contributed by atoms with van der Waals surface area (Å²) in [4.78, 5) is 19.1. The van der Waals surface area contributed by atoms with Gasteiger partial charge in [-0.2, -0.15) is 5.26 Å². The Balaban J connectivity index is 0.000000609. The molecule has 1 rings (SSSR count). The molecule has 1 unspecified atom stereocenters. The molecule has 25 heavy (non-hydrogen) atoms. The molecule has 0 spiro atoms. The second kappa shape index (κ2) is 12.5. The van der Waals surface area contributed by atoms with Gasteiger partial charge in [0.2, 0.25) is 0 Å². The highest BCUT2D eigenvalue weighted by atomic mass is 16.5. The molecule has 8 nitrogen and oxygen atoms in total. The summed E-state index contributed by atoms with van der Waals surface area (Å²) >= 11 is 0. The van der Waals surface area contributed by atoms with Crippen LogP contribution in [0.25, 0.3) is 0 Å². The summed E-state index contributed by atoms with van der Waals surface area (Å²) in [6, 6.07) is 9.37. The van der Waals surface area contributed by atoms with Gasteiger partial charge in [0.25, 0.3) is 0 Å². The van der Waals surface area contributed by atoms with Crippen LogP contribution in [0.3, 0.4) is 0 Å². The fourth-order valence-corrected chi connectivity index (χ4v) is 1.44. The number of carboxylic acids is 2. The Kier molecular flexibility index (Phi) is 11.1. The quantitative estimate of drug-likeness (QED) is 0.509. The minimum Gasteiger partial charge on any atom is -0.489 e. The first-order chi connectivity index (χ1) is 11.8. The van der Waals surface area contributed by atoms with E-state index in [-0.39, 0.29) is 6.61 Å². The molecule has 0 radical (unpaired) electrons. The van der Waals surface area contributed by atoms with E-state index < -0.39 is 18.0 Å². The Labute approximate surface area is 146 Å². The third-order valence-corrected chi connectivity index (χ3v) is 2.57. The van der Waals surface area contributed by atoms with Gasteiger partial charge in [-0.15, -0.1) is 0 Å². The van der Waals surface area contributed by atoms with E-state index in [0.717, 1.165) is 0 Å². The molecule has 0 saturated heterocycles. The minimum absolute atomic E-state index is 0.179. The lowest BCUT2D eigenvalue weighted by molar-refractivity contribution is -0.134. The monoisotopic (exact) mass is 350 g/mol. The van der Waals surface area contributed by atoms with Crippen molar-refractivity contribution in [1.82, 2.24) is 5.32 Å². The fraction of sp³-hybridized carbons (Fsp3) is 0.353. The van der Waals surface area contributed by atoms with Gasteiger partial charge >= 0.3 is 11.9 Å². The average Bonchev–Trinajstić information content (AvgIpc) is 2.57. The Bertz CT molecular complexity index is 606. The molecular weight excluding hydrogens is 328 g/mol. The van der Waals surface area contributed by atoms with Crippen LogP contribution in [0.4, 0.5) is 0 Å². The molecule has 0 bridgehead atoms. The van der Waals surface area contributed by atoms with E-state index in [2.05, 4.69) is 5.32 Å². The predicted molar refractivity (Wildman–Crippen MR) is 90.2 cm³/mol. The van der Waals surface area contributed by atoms with Crippen molar-refractivity contribution in [2.45, 2.75) is 26.0 Å². The molecule has 0 heterocycles. The van der Waals surface area contributed by atoms with Crippen LogP contribution < -0.4 is 10.1 Å². The molecule has 1 aromatic carbocycles. The second-order valence-corrected chi connectivity index (χ2v) is 5.15. The van der Waals surface area contributed by atoms with Gasteiger partial charge in [0.1, 0.15) is 24.5 Å². The summed E-state index contributed by atoms with van der Waals surface area (Å²) in [6.07, 6.45) is 0.536. The van der Waals surface area contributed by atoms with Crippen LogP contribution in [0.2, 0.25) is 0 Å². The Morgan fingerprint density at radius 1 is 1.24 bits per heavy atom. The van der Waals surface area contributed by atoms with Crippen molar-refractivity contribution < 1.29 is 29.6 Å². The number of aliphatic carboxylic acids is 2. The fourth-order valence-electron chi connectivity index (χ4n) is 1.44. The lowest BCUT2D eigenvalue weighted by atomic mass is 10.2. The molecule has 8 heteroatoms. The van der Waals surface area contributed by atoms with Crippen LogP contribution in [0.1, 0.15) is 19.4 Å². The van der Waals surface area contributed by atoms with Crippen LogP contribution in [0.5, 0.6) is 5.75 Å². The first-order valence-electron chi connectivity index (χ1n) is 7.43. The van der Waals surface area contributed by atoms with Crippen LogP contribution in [-0.4, -0.2) is 52.6 Å². The van der Waals surface area contributed by atoms with E-state index in [0.29, 0.717) is 36.1 Å². The number of rotatable bonds is 8. The zero-order valence-corrected chi connectivity index (χ0v) is 14.0. The highest BCUT2D eigenvalue weighted by Gasteiger charge is 2.07. The number of nitrogens with one attached hydrogen (secondary N) is 1. The highest BCUT2D eigenvalue weighted by Crippen LogP contribution is 2.16. The van der Waals surface area contributed by atoms with Crippen molar-refractivity contribution in [3.63, 3.8) is 0 Å². The van der Waals surface area contributed by atoms with Crippen molar-refractivity contribution >= 4 is 11.9 Å². The molecular formula is C17H22N2O6. The lowest BCUT2D eigenvalue weighted by Crippen LogP contribution is -2.35. The number of aliphatic hydroxyl groups excluding tert-OH is 1. The molecule has 0 aromatic heterocycles. The number of benzene rings is 1. The molecule has 1 atom stereocenters. The number of para-hydroxylation sites is 1. The molecule has 0 aliphatic carbocycles. The van der Waals surface area contributed by atoms with Gasteiger partial charge in [0.15, 0.2) is 0 Å². The van der Waals surface area contributed by atoms with Crippen molar-refractivity contribution in [1.29, 1.82) is 5.26 Å². The average molecular weight is 350 g/mol. The molecule has 0 fully saturated rings. The number of nitrogens with zero attached hydrogens (tertiary/aromatic N) is 1. The van der Waals surface area contributed by atoms with Crippen molar-refractivity contribution in [3.8, 4) is 11.8 Å². The third kappa shape index (κ3) is 12.2. The smallest absolute Gasteiger partial charge is 0.328 e. The van der Waals surface area contributed by atoms with Crippen molar-refractivity contribution in [2.24, 2.45) is 0 Å². The first kappa shape index (κ1) is 22.1. The van der Waals surface area contributed by atoms with Gasteiger partial charge < -0.3 is 25.4 Å². The van der Waals surface area contributed by atoms with Crippen LogP contribution in [0, 0.1) is 11.3 Å². The van der Waals surface area contributed by atoms with Gasteiger partial charge in [-0.25, -0.2) is 9.59 Å². The van der Waals surface area contributed by atoms with Gasteiger partial charge in [-0.1, -0.05) is 26.0 Å². The summed E-state index contributed by atoms with van der Waals surface area (Å²) < 4.78 is 5.41. The summed E-state index contributed by atoms with van der Waals surface area (Å²) in [7, 11) is 0. The number of hydrogen-bond acceptors (Lipinski definition) is 6. The van der Waals surface area contributed by atoms with Crippen LogP contribution in [-0.2, 0) is 9.59 Å². The van der Waals surface area contributed by atoms with E-state index in [1.807, 2.05) is 19.9 Å². The van der Waals surface area contributed by atoms with E-state index >= 15 is 0 Å². The van der Waals surface area contributed by atoms with Gasteiger partial charge in [-0.3, -0.25) is 0 Å². The zero-order chi connectivity index (χ0) is 19.2. The number of ether oxygens (including phenoxy) is 1. The lowest BCUT2D eigenvalue weighted by Gasteiger charge is -2.15. The maximum atomic E-state index is 9.65.